The summed E-state index contributed by atoms with van der Waals surface area (Å²) in [7, 11) is 1.34. The monoisotopic (exact) mass is 433 g/mol. The second kappa shape index (κ2) is 10.5. The van der Waals surface area contributed by atoms with Gasteiger partial charge >= 0.3 is 5.97 Å². The predicted molar refractivity (Wildman–Crippen MR) is 114 cm³/mol. The van der Waals surface area contributed by atoms with Crippen molar-refractivity contribution in [3.05, 3.63) is 40.9 Å². The highest BCUT2D eigenvalue weighted by Crippen LogP contribution is 2.27. The summed E-state index contributed by atoms with van der Waals surface area (Å²) in [5.74, 6) is 0.109. The van der Waals surface area contributed by atoms with Crippen molar-refractivity contribution in [2.75, 3.05) is 38.7 Å². The molecule has 1 amide bonds. The van der Waals surface area contributed by atoms with Crippen molar-refractivity contribution in [3.63, 3.8) is 0 Å². The molecule has 0 aliphatic carbocycles. The maximum atomic E-state index is 11.2. The molecule has 0 radical (unpaired) electrons. The lowest BCUT2D eigenvalue weighted by Gasteiger charge is -2.36. The molecular weight excluding hydrogens is 406 g/mol. The molecule has 3 rings (SSSR count). The van der Waals surface area contributed by atoms with Crippen LogP contribution in [0.2, 0.25) is 0 Å². The smallest absolute Gasteiger partial charge is 0.343 e. The van der Waals surface area contributed by atoms with E-state index in [9.17, 15) is 9.59 Å². The van der Waals surface area contributed by atoms with Crippen LogP contribution in [0, 0.1) is 0 Å². The molecule has 1 saturated heterocycles. The highest BCUT2D eigenvalue weighted by atomic mass is 32.1. The summed E-state index contributed by atoms with van der Waals surface area (Å²) >= 11 is 1.41. The first-order valence-electron chi connectivity index (χ1n) is 9.82. The number of morpholine rings is 1. The third-order valence-corrected chi connectivity index (χ3v) is 5.67. The number of rotatable bonds is 8. The quantitative estimate of drug-likeness (QED) is 0.640. The first kappa shape index (κ1) is 22.2. The van der Waals surface area contributed by atoms with Crippen LogP contribution in [-0.4, -0.2) is 61.2 Å². The van der Waals surface area contributed by atoms with E-state index >= 15 is 0 Å². The average Bonchev–Trinajstić information content (AvgIpc) is 3.21. The molecule has 1 N–H and O–H groups in total. The van der Waals surface area contributed by atoms with Crippen molar-refractivity contribution in [1.29, 1.82) is 0 Å². The summed E-state index contributed by atoms with van der Waals surface area (Å²) < 4.78 is 15.9. The molecule has 2 heterocycles. The zero-order valence-electron chi connectivity index (χ0n) is 17.4. The highest BCUT2D eigenvalue weighted by Gasteiger charge is 2.27. The summed E-state index contributed by atoms with van der Waals surface area (Å²) in [6, 6.07) is 8.09. The maximum absolute atomic E-state index is 11.2. The van der Waals surface area contributed by atoms with Crippen LogP contribution < -0.4 is 10.1 Å². The highest BCUT2D eigenvalue weighted by molar-refractivity contribution is 7.13. The van der Waals surface area contributed by atoms with Gasteiger partial charge in [-0.25, -0.2) is 9.78 Å². The zero-order chi connectivity index (χ0) is 21.5. The Balaban J connectivity index is 1.53. The minimum Gasteiger partial charge on any atom is -0.482 e. The zero-order valence-corrected chi connectivity index (χ0v) is 18.2. The Morgan fingerprint density at radius 1 is 1.37 bits per heavy atom. The maximum Gasteiger partial charge on any atom is 0.343 e. The molecule has 1 aromatic carbocycles. The van der Waals surface area contributed by atoms with E-state index in [-0.39, 0.29) is 18.6 Å². The van der Waals surface area contributed by atoms with Gasteiger partial charge in [0.15, 0.2) is 11.7 Å². The topological polar surface area (TPSA) is 90.0 Å². The normalized spacial score (nSPS) is 17.9. The van der Waals surface area contributed by atoms with Crippen LogP contribution in [0.15, 0.2) is 29.6 Å². The van der Waals surface area contributed by atoms with Crippen LogP contribution in [0.3, 0.4) is 0 Å². The number of ether oxygens (including phenoxy) is 3. The largest absolute Gasteiger partial charge is 0.482 e. The first-order valence-corrected chi connectivity index (χ1v) is 10.7. The number of hydrogen-bond donors (Lipinski definition) is 1. The lowest BCUT2D eigenvalue weighted by Crippen LogP contribution is -2.44. The standard InChI is InChI=1S/C21H27N3O5S/c1-14(10-16-4-6-17(7-5-16)29-12-20(26)27-3)24-8-9-28-19(11-24)18-13-30-21(23-18)22-15(2)25/h4-7,13-14,19H,8-12H2,1-3H3,(H,22,23,25). The molecule has 1 aliphatic heterocycles. The third-order valence-electron chi connectivity index (χ3n) is 4.89. The molecule has 1 aliphatic rings. The van der Waals surface area contributed by atoms with E-state index in [1.807, 2.05) is 29.6 Å². The van der Waals surface area contributed by atoms with Crippen molar-refractivity contribution >= 4 is 28.3 Å². The van der Waals surface area contributed by atoms with Gasteiger partial charge in [0.25, 0.3) is 0 Å². The second-order valence-corrected chi connectivity index (χ2v) is 8.03. The van der Waals surface area contributed by atoms with Gasteiger partial charge in [0.1, 0.15) is 11.9 Å². The van der Waals surface area contributed by atoms with Crippen molar-refractivity contribution in [1.82, 2.24) is 9.88 Å². The van der Waals surface area contributed by atoms with Crippen LogP contribution in [-0.2, 0) is 25.5 Å². The molecule has 2 unspecified atom stereocenters. The molecule has 2 aromatic rings. The van der Waals surface area contributed by atoms with E-state index in [0.717, 1.165) is 25.2 Å². The second-order valence-electron chi connectivity index (χ2n) is 7.17. The average molecular weight is 434 g/mol. The van der Waals surface area contributed by atoms with Gasteiger partial charge in [0.2, 0.25) is 5.91 Å². The van der Waals surface area contributed by atoms with E-state index in [4.69, 9.17) is 9.47 Å². The fourth-order valence-corrected chi connectivity index (χ4v) is 4.08. The van der Waals surface area contributed by atoms with Gasteiger partial charge in [-0.05, 0) is 31.0 Å². The molecule has 1 fully saturated rings. The molecule has 9 heteroatoms. The number of carbonyl (C=O) groups is 2. The molecule has 0 bridgehead atoms. The fraction of sp³-hybridized carbons (Fsp3) is 0.476. The van der Waals surface area contributed by atoms with E-state index in [1.54, 1.807) is 0 Å². The molecule has 2 atom stereocenters. The Morgan fingerprint density at radius 3 is 2.83 bits per heavy atom. The number of anilines is 1. The summed E-state index contributed by atoms with van der Waals surface area (Å²) in [6.07, 6.45) is 0.784. The molecular formula is C21H27N3O5S. The summed E-state index contributed by atoms with van der Waals surface area (Å²) in [5, 5.41) is 5.26. The van der Waals surface area contributed by atoms with Crippen LogP contribution in [0.4, 0.5) is 5.13 Å². The molecule has 162 valence electrons. The van der Waals surface area contributed by atoms with Crippen molar-refractivity contribution < 1.29 is 23.8 Å². The van der Waals surface area contributed by atoms with Crippen LogP contribution in [0.1, 0.15) is 31.2 Å². The number of aromatic nitrogens is 1. The van der Waals surface area contributed by atoms with Crippen molar-refractivity contribution in [3.8, 4) is 5.75 Å². The Labute approximate surface area is 180 Å². The van der Waals surface area contributed by atoms with Gasteiger partial charge in [0.05, 0.1) is 19.4 Å². The lowest BCUT2D eigenvalue weighted by atomic mass is 10.0. The third kappa shape index (κ3) is 6.25. The number of nitrogens with one attached hydrogen (secondary N) is 1. The van der Waals surface area contributed by atoms with E-state index < -0.39 is 5.97 Å². The van der Waals surface area contributed by atoms with Gasteiger partial charge in [-0.2, -0.15) is 0 Å². The van der Waals surface area contributed by atoms with Gasteiger partial charge < -0.3 is 19.5 Å². The fourth-order valence-electron chi connectivity index (χ4n) is 3.28. The summed E-state index contributed by atoms with van der Waals surface area (Å²) in [5.41, 5.74) is 2.05. The summed E-state index contributed by atoms with van der Waals surface area (Å²) in [4.78, 5) is 29.2. The van der Waals surface area contributed by atoms with Gasteiger partial charge in [-0.1, -0.05) is 12.1 Å². The van der Waals surface area contributed by atoms with Gasteiger partial charge in [-0.15, -0.1) is 11.3 Å². The lowest BCUT2D eigenvalue weighted by molar-refractivity contribution is -0.142. The number of esters is 1. The Hall–Kier alpha value is -2.49. The molecule has 8 nitrogen and oxygen atoms in total. The minimum absolute atomic E-state index is 0.0956. The number of methoxy groups -OCH3 is 1. The number of benzene rings is 1. The SMILES string of the molecule is COC(=O)COc1ccc(CC(C)N2CCOC(c3csc(NC(C)=O)n3)C2)cc1. The summed E-state index contributed by atoms with van der Waals surface area (Å²) in [6.45, 7) is 5.84. The van der Waals surface area contributed by atoms with E-state index in [0.29, 0.717) is 23.5 Å². The van der Waals surface area contributed by atoms with Crippen LogP contribution in [0.5, 0.6) is 5.75 Å². The van der Waals surface area contributed by atoms with Crippen LogP contribution >= 0.6 is 11.3 Å². The first-order chi connectivity index (χ1) is 14.4. The Bertz CT molecular complexity index is 855. The predicted octanol–water partition coefficient (Wildman–Crippen LogP) is 2.66. The molecule has 1 aromatic heterocycles. The molecule has 0 spiro atoms. The minimum atomic E-state index is -0.404. The number of thiazole rings is 1. The number of carbonyl (C=O) groups excluding carboxylic acids is 2. The Morgan fingerprint density at radius 2 is 2.13 bits per heavy atom. The van der Waals surface area contributed by atoms with Crippen LogP contribution in [0.25, 0.3) is 0 Å². The van der Waals surface area contributed by atoms with Gasteiger partial charge in [0, 0.05) is 31.4 Å². The van der Waals surface area contributed by atoms with E-state index in [2.05, 4.69) is 26.9 Å². The molecule has 30 heavy (non-hydrogen) atoms. The van der Waals surface area contributed by atoms with Gasteiger partial charge in [-0.3, -0.25) is 9.69 Å². The van der Waals surface area contributed by atoms with Crippen molar-refractivity contribution in [2.24, 2.45) is 0 Å². The molecule has 0 saturated carbocycles. The van der Waals surface area contributed by atoms with E-state index in [1.165, 1.54) is 30.9 Å². The number of hydrogen-bond acceptors (Lipinski definition) is 8. The number of amides is 1. The number of nitrogens with zero attached hydrogens (tertiary/aromatic N) is 2. The van der Waals surface area contributed by atoms with Crippen molar-refractivity contribution in [2.45, 2.75) is 32.4 Å². The Kier molecular flexibility index (Phi) is 7.78.